The van der Waals surface area contributed by atoms with Crippen LogP contribution in [0.4, 0.5) is 0 Å². The van der Waals surface area contributed by atoms with Gasteiger partial charge in [-0.15, -0.1) is 12.4 Å². The summed E-state index contributed by atoms with van der Waals surface area (Å²) in [5.74, 6) is 2.33. The summed E-state index contributed by atoms with van der Waals surface area (Å²) >= 11 is 1.91. The third kappa shape index (κ3) is 3.33. The average Bonchev–Trinajstić information content (AvgIpc) is 2.18. The van der Waals surface area contributed by atoms with E-state index in [-0.39, 0.29) is 23.7 Å². The Morgan fingerprint density at radius 1 is 1.43 bits per heavy atom. The summed E-state index contributed by atoms with van der Waals surface area (Å²) in [6.45, 7) is 6.02. The summed E-state index contributed by atoms with van der Waals surface area (Å²) in [5, 5.41) is 0. The van der Waals surface area contributed by atoms with E-state index >= 15 is 0 Å². The lowest BCUT2D eigenvalue weighted by molar-refractivity contribution is -0.139. The molecule has 3 nitrogen and oxygen atoms in total. The summed E-state index contributed by atoms with van der Waals surface area (Å²) in [4.78, 5) is 13.8. The second-order valence-corrected chi connectivity index (χ2v) is 5.22. The van der Waals surface area contributed by atoms with Crippen molar-refractivity contribution >= 4 is 30.1 Å². The zero-order chi connectivity index (χ0) is 9.90. The maximum Gasteiger partial charge on any atom is 0.229 e. The maximum absolute atomic E-state index is 11.9. The normalized spacial score (nSPS) is 17.5. The first-order valence-corrected chi connectivity index (χ1v) is 5.80. The van der Waals surface area contributed by atoms with Crippen LogP contribution in [0.25, 0.3) is 0 Å². The van der Waals surface area contributed by atoms with E-state index in [0.717, 1.165) is 24.6 Å². The number of nitrogens with two attached hydrogens (primary N) is 1. The molecule has 1 saturated heterocycles. The third-order valence-electron chi connectivity index (χ3n) is 2.39. The Bertz CT molecular complexity index is 193. The number of carbonyl (C=O) groups excluding carboxylic acids is 1. The van der Waals surface area contributed by atoms with Gasteiger partial charge in [0.25, 0.3) is 0 Å². The summed E-state index contributed by atoms with van der Waals surface area (Å²) in [7, 11) is 0. The molecule has 1 aliphatic heterocycles. The van der Waals surface area contributed by atoms with Crippen molar-refractivity contribution in [3.05, 3.63) is 0 Å². The van der Waals surface area contributed by atoms with E-state index < -0.39 is 0 Å². The quantitative estimate of drug-likeness (QED) is 0.780. The van der Waals surface area contributed by atoms with Gasteiger partial charge in [-0.05, 0) is 13.8 Å². The molecule has 0 aliphatic carbocycles. The number of hydrogen-bond acceptors (Lipinski definition) is 3. The number of nitrogens with zero attached hydrogens (tertiary/aromatic N) is 1. The van der Waals surface area contributed by atoms with Crippen LogP contribution in [-0.4, -0.2) is 41.9 Å². The Morgan fingerprint density at radius 2 is 1.93 bits per heavy atom. The summed E-state index contributed by atoms with van der Waals surface area (Å²) in [6, 6.07) is 0. The van der Waals surface area contributed by atoms with Crippen LogP contribution in [0.1, 0.15) is 13.8 Å². The first kappa shape index (κ1) is 14.1. The summed E-state index contributed by atoms with van der Waals surface area (Å²) in [6.07, 6.45) is 0. The van der Waals surface area contributed by atoms with E-state index in [9.17, 15) is 4.79 Å². The lowest BCUT2D eigenvalue weighted by atomic mass is 9.92. The molecule has 0 aromatic rings. The molecule has 0 unspecified atom stereocenters. The monoisotopic (exact) mass is 238 g/mol. The van der Waals surface area contributed by atoms with Crippen LogP contribution in [0.3, 0.4) is 0 Å². The molecule has 0 atom stereocenters. The van der Waals surface area contributed by atoms with Crippen LogP contribution in [0.15, 0.2) is 0 Å². The van der Waals surface area contributed by atoms with Crippen LogP contribution in [-0.2, 0) is 4.79 Å². The number of thioether (sulfide) groups is 1. The molecule has 0 saturated carbocycles. The largest absolute Gasteiger partial charge is 0.341 e. The summed E-state index contributed by atoms with van der Waals surface area (Å²) in [5.41, 5.74) is 5.17. The first-order chi connectivity index (χ1) is 6.08. The van der Waals surface area contributed by atoms with Crippen molar-refractivity contribution < 1.29 is 4.79 Å². The van der Waals surface area contributed by atoms with E-state index in [2.05, 4.69) is 0 Å². The van der Waals surface area contributed by atoms with Gasteiger partial charge in [-0.3, -0.25) is 4.79 Å². The fourth-order valence-corrected chi connectivity index (χ4v) is 2.18. The molecular formula is C9H19ClN2OS. The molecule has 0 aromatic carbocycles. The molecule has 2 N–H and O–H groups in total. The van der Waals surface area contributed by atoms with Crippen molar-refractivity contribution in [2.45, 2.75) is 13.8 Å². The average molecular weight is 239 g/mol. The van der Waals surface area contributed by atoms with Gasteiger partial charge < -0.3 is 10.6 Å². The second kappa shape index (κ2) is 5.83. The molecule has 1 rings (SSSR count). The Balaban J connectivity index is 0.00000169. The van der Waals surface area contributed by atoms with Crippen molar-refractivity contribution in [3.8, 4) is 0 Å². The number of hydrogen-bond donors (Lipinski definition) is 1. The Hall–Kier alpha value is 0.0700. The molecule has 0 radical (unpaired) electrons. The molecule has 1 heterocycles. The molecule has 0 aromatic heterocycles. The van der Waals surface area contributed by atoms with Crippen molar-refractivity contribution in [2.75, 3.05) is 31.1 Å². The van der Waals surface area contributed by atoms with Crippen molar-refractivity contribution in [1.29, 1.82) is 0 Å². The molecule has 0 spiro atoms. The molecule has 1 amide bonds. The van der Waals surface area contributed by atoms with Gasteiger partial charge in [-0.2, -0.15) is 11.8 Å². The standard InChI is InChI=1S/C9H18N2OS.ClH/c1-9(2,7-10)8(12)11-3-5-13-6-4-11;/h3-7,10H2,1-2H3;1H. The van der Waals surface area contributed by atoms with Crippen molar-refractivity contribution in [2.24, 2.45) is 11.1 Å². The lowest BCUT2D eigenvalue weighted by Crippen LogP contribution is -2.47. The van der Waals surface area contributed by atoms with Gasteiger partial charge in [0, 0.05) is 31.1 Å². The maximum atomic E-state index is 11.9. The van der Waals surface area contributed by atoms with Gasteiger partial charge in [-0.1, -0.05) is 0 Å². The fraction of sp³-hybridized carbons (Fsp3) is 0.889. The molecule has 84 valence electrons. The van der Waals surface area contributed by atoms with E-state index in [4.69, 9.17) is 5.73 Å². The zero-order valence-electron chi connectivity index (χ0n) is 8.78. The summed E-state index contributed by atoms with van der Waals surface area (Å²) < 4.78 is 0. The van der Waals surface area contributed by atoms with Crippen LogP contribution in [0.2, 0.25) is 0 Å². The molecular weight excluding hydrogens is 220 g/mol. The van der Waals surface area contributed by atoms with E-state index in [1.54, 1.807) is 0 Å². The van der Waals surface area contributed by atoms with Crippen molar-refractivity contribution in [3.63, 3.8) is 0 Å². The smallest absolute Gasteiger partial charge is 0.229 e. The predicted octanol–water partition coefficient (Wildman–Crippen LogP) is 0.968. The minimum Gasteiger partial charge on any atom is -0.341 e. The van der Waals surface area contributed by atoms with Gasteiger partial charge in [0.15, 0.2) is 0 Å². The van der Waals surface area contributed by atoms with Crippen LogP contribution in [0, 0.1) is 5.41 Å². The van der Waals surface area contributed by atoms with Gasteiger partial charge >= 0.3 is 0 Å². The predicted molar refractivity (Wildman–Crippen MR) is 64.0 cm³/mol. The third-order valence-corrected chi connectivity index (χ3v) is 3.33. The molecule has 5 heteroatoms. The minimum absolute atomic E-state index is 0. The highest BCUT2D eigenvalue weighted by Crippen LogP contribution is 2.19. The van der Waals surface area contributed by atoms with Crippen LogP contribution >= 0.6 is 24.2 Å². The van der Waals surface area contributed by atoms with Gasteiger partial charge in [-0.25, -0.2) is 0 Å². The van der Waals surface area contributed by atoms with E-state index in [1.165, 1.54) is 0 Å². The highest BCUT2D eigenvalue weighted by atomic mass is 35.5. The number of halogens is 1. The molecule has 14 heavy (non-hydrogen) atoms. The number of rotatable bonds is 2. The SMILES string of the molecule is CC(C)(CN)C(=O)N1CCSCC1.Cl. The number of carbonyl (C=O) groups is 1. The second-order valence-electron chi connectivity index (χ2n) is 3.99. The molecule has 1 fully saturated rings. The Kier molecular flexibility index (Phi) is 5.86. The number of amides is 1. The topological polar surface area (TPSA) is 46.3 Å². The Morgan fingerprint density at radius 3 is 2.36 bits per heavy atom. The van der Waals surface area contributed by atoms with Gasteiger partial charge in [0.05, 0.1) is 5.41 Å². The Labute approximate surface area is 96.2 Å². The molecule has 1 aliphatic rings. The van der Waals surface area contributed by atoms with E-state index in [1.807, 2.05) is 30.5 Å². The highest BCUT2D eigenvalue weighted by Gasteiger charge is 2.31. The fourth-order valence-electron chi connectivity index (χ4n) is 1.28. The molecule has 0 bridgehead atoms. The van der Waals surface area contributed by atoms with Crippen molar-refractivity contribution in [1.82, 2.24) is 4.90 Å². The minimum atomic E-state index is -0.387. The lowest BCUT2D eigenvalue weighted by Gasteiger charge is -2.33. The first-order valence-electron chi connectivity index (χ1n) is 4.65. The van der Waals surface area contributed by atoms with Gasteiger partial charge in [0.2, 0.25) is 5.91 Å². The van der Waals surface area contributed by atoms with Crippen LogP contribution in [0.5, 0.6) is 0 Å². The van der Waals surface area contributed by atoms with Gasteiger partial charge in [0.1, 0.15) is 0 Å². The zero-order valence-corrected chi connectivity index (χ0v) is 10.4. The highest BCUT2D eigenvalue weighted by molar-refractivity contribution is 7.99. The van der Waals surface area contributed by atoms with E-state index in [0.29, 0.717) is 6.54 Å². The van der Waals surface area contributed by atoms with Crippen LogP contribution < -0.4 is 5.73 Å².